The summed E-state index contributed by atoms with van der Waals surface area (Å²) in [6.07, 6.45) is 3.21. The fourth-order valence-electron chi connectivity index (χ4n) is 2.19. The van der Waals surface area contributed by atoms with Gasteiger partial charge in [0, 0.05) is 24.4 Å². The molecule has 2 N–H and O–H groups in total. The molecule has 0 aromatic heterocycles. The Bertz CT molecular complexity index is 342. The van der Waals surface area contributed by atoms with Crippen molar-refractivity contribution < 1.29 is 4.39 Å². The lowest BCUT2D eigenvalue weighted by molar-refractivity contribution is 0.188. The fraction of sp³-hybridized carbons (Fsp3) is 0.571. The minimum absolute atomic E-state index is 0.155. The topological polar surface area (TPSA) is 29.3 Å². The van der Waals surface area contributed by atoms with Crippen molar-refractivity contribution in [1.29, 1.82) is 0 Å². The van der Waals surface area contributed by atoms with Gasteiger partial charge in [-0.1, -0.05) is 19.1 Å². The standard InChI is InChI=1S/C14H23FN2S/c1-4-13(10-18-3)17(2)14(9-16)11-5-7-12(15)8-6-11/h5-8,13-14H,4,9-10,16H2,1-3H3. The van der Waals surface area contributed by atoms with Crippen LogP contribution < -0.4 is 5.73 Å². The summed E-state index contributed by atoms with van der Waals surface area (Å²) in [7, 11) is 2.10. The van der Waals surface area contributed by atoms with Gasteiger partial charge in [0.05, 0.1) is 0 Å². The summed E-state index contributed by atoms with van der Waals surface area (Å²) < 4.78 is 13.0. The normalized spacial score (nSPS) is 14.8. The van der Waals surface area contributed by atoms with Crippen LogP contribution in [0.5, 0.6) is 0 Å². The zero-order chi connectivity index (χ0) is 13.5. The number of thioether (sulfide) groups is 1. The van der Waals surface area contributed by atoms with E-state index in [0.29, 0.717) is 12.6 Å². The highest BCUT2D eigenvalue weighted by molar-refractivity contribution is 7.98. The number of likely N-dealkylation sites (N-methyl/N-ethyl adjacent to an activating group) is 1. The van der Waals surface area contributed by atoms with Gasteiger partial charge in [-0.2, -0.15) is 11.8 Å². The van der Waals surface area contributed by atoms with E-state index in [1.807, 2.05) is 23.9 Å². The van der Waals surface area contributed by atoms with E-state index in [0.717, 1.165) is 17.7 Å². The third kappa shape index (κ3) is 3.97. The van der Waals surface area contributed by atoms with Gasteiger partial charge in [-0.25, -0.2) is 4.39 Å². The van der Waals surface area contributed by atoms with E-state index in [4.69, 9.17) is 5.73 Å². The molecule has 2 atom stereocenters. The van der Waals surface area contributed by atoms with Crippen LogP contribution in [-0.4, -0.2) is 36.5 Å². The molecule has 4 heteroatoms. The number of nitrogens with zero attached hydrogens (tertiary/aromatic N) is 1. The van der Waals surface area contributed by atoms with E-state index in [1.54, 1.807) is 0 Å². The van der Waals surface area contributed by atoms with E-state index in [-0.39, 0.29) is 11.9 Å². The third-order valence-electron chi connectivity index (χ3n) is 3.38. The van der Waals surface area contributed by atoms with Crippen LogP contribution in [0.4, 0.5) is 4.39 Å². The highest BCUT2D eigenvalue weighted by Crippen LogP contribution is 2.23. The molecule has 1 aromatic rings. The van der Waals surface area contributed by atoms with Crippen molar-refractivity contribution in [2.75, 3.05) is 25.6 Å². The van der Waals surface area contributed by atoms with Crippen LogP contribution in [0.1, 0.15) is 24.9 Å². The summed E-state index contributed by atoms with van der Waals surface area (Å²) in [5.41, 5.74) is 6.97. The summed E-state index contributed by atoms with van der Waals surface area (Å²) in [5, 5.41) is 0. The molecule has 0 heterocycles. The maximum absolute atomic E-state index is 13.0. The van der Waals surface area contributed by atoms with Crippen LogP contribution in [0.3, 0.4) is 0 Å². The molecule has 2 unspecified atom stereocenters. The van der Waals surface area contributed by atoms with E-state index in [1.165, 1.54) is 12.1 Å². The Kier molecular flexibility index (Phi) is 6.68. The first-order valence-electron chi connectivity index (χ1n) is 6.30. The van der Waals surface area contributed by atoms with Crippen molar-refractivity contribution in [3.8, 4) is 0 Å². The van der Waals surface area contributed by atoms with E-state index in [9.17, 15) is 4.39 Å². The summed E-state index contributed by atoms with van der Waals surface area (Å²) in [6, 6.07) is 7.31. The largest absolute Gasteiger partial charge is 0.329 e. The maximum atomic E-state index is 13.0. The van der Waals surface area contributed by atoms with Crippen LogP contribution in [0.25, 0.3) is 0 Å². The van der Waals surface area contributed by atoms with Crippen LogP contribution in [0, 0.1) is 5.82 Å². The van der Waals surface area contributed by atoms with E-state index in [2.05, 4.69) is 25.1 Å². The second-order valence-electron chi connectivity index (χ2n) is 4.49. The zero-order valence-corrected chi connectivity index (χ0v) is 12.2. The molecule has 0 aliphatic heterocycles. The highest BCUT2D eigenvalue weighted by atomic mass is 32.2. The Morgan fingerprint density at radius 1 is 1.33 bits per heavy atom. The minimum Gasteiger partial charge on any atom is -0.329 e. The number of rotatable bonds is 7. The molecule has 0 radical (unpaired) electrons. The van der Waals surface area contributed by atoms with Gasteiger partial charge in [0.2, 0.25) is 0 Å². The molecule has 0 bridgehead atoms. The van der Waals surface area contributed by atoms with Crippen LogP contribution in [0.15, 0.2) is 24.3 Å². The number of benzene rings is 1. The van der Waals surface area contributed by atoms with Crippen molar-refractivity contribution in [3.63, 3.8) is 0 Å². The molecule has 0 aliphatic carbocycles. The number of hydrogen-bond acceptors (Lipinski definition) is 3. The highest BCUT2D eigenvalue weighted by Gasteiger charge is 2.21. The second-order valence-corrected chi connectivity index (χ2v) is 5.40. The van der Waals surface area contributed by atoms with Crippen LogP contribution in [-0.2, 0) is 0 Å². The Labute approximate surface area is 114 Å². The van der Waals surface area contributed by atoms with Crippen LogP contribution >= 0.6 is 11.8 Å². The first kappa shape index (κ1) is 15.5. The monoisotopic (exact) mass is 270 g/mol. The average Bonchev–Trinajstić information content (AvgIpc) is 2.38. The molecule has 2 nitrogen and oxygen atoms in total. The summed E-state index contributed by atoms with van der Waals surface area (Å²) >= 11 is 1.85. The molecular formula is C14H23FN2S. The third-order valence-corrected chi connectivity index (χ3v) is 4.09. The maximum Gasteiger partial charge on any atom is 0.123 e. The number of nitrogens with two attached hydrogens (primary N) is 1. The lowest BCUT2D eigenvalue weighted by Gasteiger charge is -2.34. The molecule has 0 saturated heterocycles. The Morgan fingerprint density at radius 2 is 1.94 bits per heavy atom. The van der Waals surface area contributed by atoms with Gasteiger partial charge in [0.25, 0.3) is 0 Å². The summed E-state index contributed by atoms with van der Waals surface area (Å²) in [5.74, 6) is 0.887. The van der Waals surface area contributed by atoms with Gasteiger partial charge >= 0.3 is 0 Å². The van der Waals surface area contributed by atoms with E-state index >= 15 is 0 Å². The minimum atomic E-state index is -0.201. The van der Waals surface area contributed by atoms with Crippen LogP contribution in [0.2, 0.25) is 0 Å². The molecule has 1 aromatic carbocycles. The lowest BCUT2D eigenvalue weighted by atomic mass is 10.0. The molecule has 0 aliphatic rings. The molecule has 18 heavy (non-hydrogen) atoms. The predicted molar refractivity (Wildman–Crippen MR) is 78.4 cm³/mol. The lowest BCUT2D eigenvalue weighted by Crippen LogP contribution is -2.39. The predicted octanol–water partition coefficient (Wildman–Crippen LogP) is 2.90. The van der Waals surface area contributed by atoms with Gasteiger partial charge in [-0.3, -0.25) is 4.90 Å². The Balaban J connectivity index is 2.84. The molecule has 1 rings (SSSR count). The summed E-state index contributed by atoms with van der Waals surface area (Å²) in [6.45, 7) is 2.74. The molecule has 0 fully saturated rings. The molecule has 102 valence electrons. The van der Waals surface area contributed by atoms with Gasteiger partial charge in [0.1, 0.15) is 5.82 Å². The molecule has 0 spiro atoms. The molecule has 0 amide bonds. The van der Waals surface area contributed by atoms with Gasteiger partial charge in [0.15, 0.2) is 0 Å². The van der Waals surface area contributed by atoms with Gasteiger partial charge in [-0.05, 0) is 37.4 Å². The SMILES string of the molecule is CCC(CSC)N(C)C(CN)c1ccc(F)cc1. The second kappa shape index (κ2) is 7.77. The average molecular weight is 270 g/mol. The van der Waals surface area contributed by atoms with Crippen molar-refractivity contribution in [2.24, 2.45) is 5.73 Å². The molecule has 0 saturated carbocycles. The van der Waals surface area contributed by atoms with Gasteiger partial charge in [-0.15, -0.1) is 0 Å². The zero-order valence-electron chi connectivity index (χ0n) is 11.4. The van der Waals surface area contributed by atoms with Crippen molar-refractivity contribution >= 4 is 11.8 Å². The number of hydrogen-bond donors (Lipinski definition) is 1. The quantitative estimate of drug-likeness (QED) is 0.826. The smallest absolute Gasteiger partial charge is 0.123 e. The number of halogens is 1. The summed E-state index contributed by atoms with van der Waals surface area (Å²) in [4.78, 5) is 2.31. The van der Waals surface area contributed by atoms with Gasteiger partial charge < -0.3 is 5.73 Å². The van der Waals surface area contributed by atoms with Crippen molar-refractivity contribution in [1.82, 2.24) is 4.90 Å². The Hall–Kier alpha value is -0.580. The Morgan fingerprint density at radius 3 is 2.39 bits per heavy atom. The fourth-order valence-corrected chi connectivity index (χ4v) is 3.05. The van der Waals surface area contributed by atoms with Crippen molar-refractivity contribution in [3.05, 3.63) is 35.6 Å². The first-order chi connectivity index (χ1) is 8.63. The van der Waals surface area contributed by atoms with E-state index < -0.39 is 0 Å². The molecular weight excluding hydrogens is 247 g/mol. The first-order valence-corrected chi connectivity index (χ1v) is 7.69. The van der Waals surface area contributed by atoms with Crippen molar-refractivity contribution in [2.45, 2.75) is 25.4 Å².